The summed E-state index contributed by atoms with van der Waals surface area (Å²) in [5, 5.41) is 3.69. The van der Waals surface area contributed by atoms with Gasteiger partial charge in [0.25, 0.3) is 11.8 Å². The van der Waals surface area contributed by atoms with Gasteiger partial charge in [0.15, 0.2) is 0 Å². The Morgan fingerprint density at radius 1 is 1.32 bits per heavy atom. The number of imide groups is 1. The highest BCUT2D eigenvalue weighted by atomic mass is 16.2. The van der Waals surface area contributed by atoms with Gasteiger partial charge in [-0.05, 0) is 51.0 Å². The minimum absolute atomic E-state index is 0.164. The van der Waals surface area contributed by atoms with Crippen LogP contribution >= 0.6 is 0 Å². The lowest BCUT2D eigenvalue weighted by Gasteiger charge is -2.33. The predicted molar refractivity (Wildman–Crippen MR) is 95.4 cm³/mol. The summed E-state index contributed by atoms with van der Waals surface area (Å²) < 4.78 is 0. The second-order valence-corrected chi connectivity index (χ2v) is 7.92. The number of amides is 4. The van der Waals surface area contributed by atoms with Crippen molar-refractivity contribution < 1.29 is 14.4 Å². The molecule has 4 amide bonds. The standard InChI is InChI=1S/C18H32N4O3/c1-6-21(14(5)12(2)3)11-15(23)20-22-16(24)18(19-17(22)25)9-7-13(4)8-10-18/h12-14H,6-11H2,1-5H3,(H,19,25)(H,20,23). The van der Waals surface area contributed by atoms with Crippen LogP contribution in [0.15, 0.2) is 0 Å². The molecule has 2 N–H and O–H groups in total. The molecule has 0 aromatic carbocycles. The van der Waals surface area contributed by atoms with Gasteiger partial charge in [-0.2, -0.15) is 5.01 Å². The highest BCUT2D eigenvalue weighted by Gasteiger charge is 2.52. The number of nitrogens with zero attached hydrogens (tertiary/aromatic N) is 2. The molecule has 1 unspecified atom stereocenters. The van der Waals surface area contributed by atoms with Crippen molar-refractivity contribution in [3.63, 3.8) is 0 Å². The number of rotatable bonds is 6. The van der Waals surface area contributed by atoms with Crippen LogP contribution in [0.2, 0.25) is 0 Å². The number of hydrogen-bond donors (Lipinski definition) is 2. The smallest absolute Gasteiger partial charge is 0.322 e. The van der Waals surface area contributed by atoms with Crippen molar-refractivity contribution in [2.24, 2.45) is 11.8 Å². The van der Waals surface area contributed by atoms with Crippen LogP contribution in [0.25, 0.3) is 0 Å². The summed E-state index contributed by atoms with van der Waals surface area (Å²) in [6.45, 7) is 11.3. The van der Waals surface area contributed by atoms with E-state index in [0.29, 0.717) is 24.7 Å². The molecule has 0 aromatic rings. The Kier molecular flexibility index (Phi) is 6.08. The zero-order chi connectivity index (χ0) is 18.8. The van der Waals surface area contributed by atoms with Gasteiger partial charge in [-0.1, -0.05) is 27.7 Å². The number of likely N-dealkylation sites (N-methyl/N-ethyl adjacent to an activating group) is 1. The zero-order valence-corrected chi connectivity index (χ0v) is 16.1. The fourth-order valence-electron chi connectivity index (χ4n) is 3.63. The van der Waals surface area contributed by atoms with Gasteiger partial charge in [0.2, 0.25) is 0 Å². The van der Waals surface area contributed by atoms with E-state index in [1.54, 1.807) is 0 Å². The second kappa shape index (κ2) is 7.72. The van der Waals surface area contributed by atoms with Crippen molar-refractivity contribution in [1.29, 1.82) is 0 Å². The van der Waals surface area contributed by atoms with Gasteiger partial charge in [-0.25, -0.2) is 4.79 Å². The Balaban J connectivity index is 1.99. The lowest BCUT2D eigenvalue weighted by molar-refractivity contribution is -0.140. The molecule has 2 fully saturated rings. The molecule has 7 heteroatoms. The third-order valence-electron chi connectivity index (χ3n) is 5.82. The molecule has 1 aliphatic heterocycles. The fraction of sp³-hybridized carbons (Fsp3) is 0.833. The quantitative estimate of drug-likeness (QED) is 0.715. The molecule has 2 aliphatic rings. The average molecular weight is 352 g/mol. The Hall–Kier alpha value is -1.63. The van der Waals surface area contributed by atoms with E-state index in [1.807, 2.05) is 11.8 Å². The molecule has 0 aromatic heterocycles. The number of urea groups is 1. The van der Waals surface area contributed by atoms with Gasteiger partial charge in [0, 0.05) is 6.04 Å². The molecule has 1 spiro atoms. The van der Waals surface area contributed by atoms with Crippen LogP contribution in [-0.4, -0.2) is 52.4 Å². The molecule has 2 rings (SSSR count). The summed E-state index contributed by atoms with van der Waals surface area (Å²) in [5.41, 5.74) is 1.68. The Bertz CT molecular complexity index is 526. The van der Waals surface area contributed by atoms with E-state index >= 15 is 0 Å². The van der Waals surface area contributed by atoms with Crippen LogP contribution in [0.3, 0.4) is 0 Å². The number of carbonyl (C=O) groups excluding carboxylic acids is 3. The molecule has 1 heterocycles. The van der Waals surface area contributed by atoms with E-state index in [9.17, 15) is 14.4 Å². The van der Waals surface area contributed by atoms with E-state index in [4.69, 9.17) is 0 Å². The molecule has 1 saturated carbocycles. The van der Waals surface area contributed by atoms with Crippen LogP contribution in [0.1, 0.15) is 60.3 Å². The highest BCUT2D eigenvalue weighted by molar-refractivity contribution is 6.08. The van der Waals surface area contributed by atoms with E-state index in [1.165, 1.54) is 0 Å². The maximum absolute atomic E-state index is 12.7. The molecule has 7 nitrogen and oxygen atoms in total. The van der Waals surface area contributed by atoms with Crippen molar-refractivity contribution in [1.82, 2.24) is 20.7 Å². The average Bonchev–Trinajstić information content (AvgIpc) is 2.79. The number of hydrazine groups is 1. The summed E-state index contributed by atoms with van der Waals surface area (Å²) in [5.74, 6) is 0.323. The van der Waals surface area contributed by atoms with Gasteiger partial charge >= 0.3 is 6.03 Å². The largest absolute Gasteiger partial charge is 0.344 e. The zero-order valence-electron chi connectivity index (χ0n) is 16.1. The number of nitrogens with one attached hydrogen (secondary N) is 2. The fourth-order valence-corrected chi connectivity index (χ4v) is 3.63. The molecule has 142 valence electrons. The summed E-state index contributed by atoms with van der Waals surface area (Å²) in [4.78, 5) is 39.4. The van der Waals surface area contributed by atoms with Gasteiger partial charge in [-0.15, -0.1) is 0 Å². The van der Waals surface area contributed by atoms with Gasteiger partial charge in [0.1, 0.15) is 5.54 Å². The van der Waals surface area contributed by atoms with Crippen molar-refractivity contribution >= 4 is 17.8 Å². The first-order valence-corrected chi connectivity index (χ1v) is 9.40. The van der Waals surface area contributed by atoms with Crippen LogP contribution in [-0.2, 0) is 9.59 Å². The first kappa shape index (κ1) is 19.7. The highest BCUT2D eigenvalue weighted by Crippen LogP contribution is 2.35. The van der Waals surface area contributed by atoms with Crippen LogP contribution in [0.5, 0.6) is 0 Å². The molecule has 1 saturated heterocycles. The van der Waals surface area contributed by atoms with Crippen molar-refractivity contribution in [2.75, 3.05) is 13.1 Å². The minimum Gasteiger partial charge on any atom is -0.322 e. The third-order valence-corrected chi connectivity index (χ3v) is 5.82. The lowest BCUT2D eigenvalue weighted by atomic mass is 9.77. The van der Waals surface area contributed by atoms with Gasteiger partial charge in [-0.3, -0.25) is 19.9 Å². The Labute approximate surface area is 150 Å². The van der Waals surface area contributed by atoms with Crippen molar-refractivity contribution in [3.8, 4) is 0 Å². The van der Waals surface area contributed by atoms with Crippen molar-refractivity contribution in [2.45, 2.75) is 71.9 Å². The molecule has 1 aliphatic carbocycles. The van der Waals surface area contributed by atoms with E-state index in [2.05, 4.69) is 38.4 Å². The monoisotopic (exact) mass is 352 g/mol. The first-order valence-electron chi connectivity index (χ1n) is 9.40. The molecular formula is C18H32N4O3. The Morgan fingerprint density at radius 3 is 2.44 bits per heavy atom. The molecule has 25 heavy (non-hydrogen) atoms. The third kappa shape index (κ3) is 4.14. The first-order chi connectivity index (χ1) is 11.7. The minimum atomic E-state index is -0.827. The SMILES string of the molecule is CCN(CC(=O)NN1C(=O)NC2(CCC(C)CC2)C1=O)C(C)C(C)C. The number of hydrogen-bond acceptors (Lipinski definition) is 4. The van der Waals surface area contributed by atoms with Crippen LogP contribution in [0, 0.1) is 11.8 Å². The molecule has 0 bridgehead atoms. The maximum Gasteiger partial charge on any atom is 0.344 e. The summed E-state index contributed by atoms with van der Waals surface area (Å²) >= 11 is 0. The summed E-state index contributed by atoms with van der Waals surface area (Å²) in [6, 6.07) is -0.280. The van der Waals surface area contributed by atoms with Gasteiger partial charge in [0.05, 0.1) is 6.54 Å². The lowest BCUT2D eigenvalue weighted by Crippen LogP contribution is -2.53. The summed E-state index contributed by atoms with van der Waals surface area (Å²) in [7, 11) is 0. The molecule has 0 radical (unpaired) electrons. The number of carbonyl (C=O) groups is 3. The molecule has 1 atom stereocenters. The van der Waals surface area contributed by atoms with E-state index < -0.39 is 11.6 Å². The predicted octanol–water partition coefficient (Wildman–Crippen LogP) is 1.88. The normalized spacial score (nSPS) is 28.0. The second-order valence-electron chi connectivity index (χ2n) is 7.92. The van der Waals surface area contributed by atoms with Crippen LogP contribution < -0.4 is 10.7 Å². The maximum atomic E-state index is 12.7. The van der Waals surface area contributed by atoms with Crippen LogP contribution in [0.4, 0.5) is 4.79 Å². The molecular weight excluding hydrogens is 320 g/mol. The van der Waals surface area contributed by atoms with Gasteiger partial charge < -0.3 is 5.32 Å². The summed E-state index contributed by atoms with van der Waals surface area (Å²) in [6.07, 6.45) is 3.08. The van der Waals surface area contributed by atoms with E-state index in [0.717, 1.165) is 24.4 Å². The Morgan fingerprint density at radius 2 is 1.92 bits per heavy atom. The topological polar surface area (TPSA) is 81.8 Å². The van der Waals surface area contributed by atoms with E-state index in [-0.39, 0.29) is 24.4 Å². The van der Waals surface area contributed by atoms with Crippen molar-refractivity contribution in [3.05, 3.63) is 0 Å².